The molecule has 2 N–H and O–H groups in total. The summed E-state index contributed by atoms with van der Waals surface area (Å²) in [7, 11) is 0. The minimum Gasteiger partial charge on any atom is -0.377 e. The first-order valence-electron chi connectivity index (χ1n) is 6.77. The molecule has 1 heterocycles. The van der Waals surface area contributed by atoms with E-state index in [1.807, 2.05) is 42.2 Å². The monoisotopic (exact) mass is 298 g/mol. The topological polar surface area (TPSA) is 55.6 Å². The van der Waals surface area contributed by atoms with Gasteiger partial charge in [0.15, 0.2) is 0 Å². The molecule has 1 aromatic carbocycles. The minimum atomic E-state index is -0.981. The fourth-order valence-electron chi connectivity index (χ4n) is 2.42. The number of benzene rings is 1. The van der Waals surface area contributed by atoms with Crippen molar-refractivity contribution in [2.75, 3.05) is 19.7 Å². The van der Waals surface area contributed by atoms with Crippen LogP contribution in [0.2, 0.25) is 0 Å². The molecule has 0 bridgehead atoms. The molecule has 1 fully saturated rings. The largest absolute Gasteiger partial charge is 0.377 e. The lowest BCUT2D eigenvalue weighted by Gasteiger charge is -2.32. The molecule has 1 aliphatic rings. The van der Waals surface area contributed by atoms with Gasteiger partial charge in [-0.05, 0) is 25.8 Å². The van der Waals surface area contributed by atoms with Crippen molar-refractivity contribution in [3.05, 3.63) is 35.9 Å². The van der Waals surface area contributed by atoms with Gasteiger partial charge in [-0.15, -0.1) is 12.4 Å². The first kappa shape index (κ1) is 17.0. The lowest BCUT2D eigenvalue weighted by Crippen LogP contribution is -2.52. The molecule has 2 unspecified atom stereocenters. The smallest absolute Gasteiger partial charge is 0.247 e. The molecule has 2 rings (SSSR count). The Morgan fingerprint density at radius 1 is 1.40 bits per heavy atom. The molecular formula is C15H23ClN2O2. The molecule has 1 amide bonds. The van der Waals surface area contributed by atoms with Crippen LogP contribution in [0, 0.1) is 0 Å². The maximum absolute atomic E-state index is 12.7. The van der Waals surface area contributed by atoms with Crippen molar-refractivity contribution in [3.8, 4) is 0 Å². The zero-order chi connectivity index (χ0) is 13.9. The first-order chi connectivity index (χ1) is 9.01. The zero-order valence-electron chi connectivity index (χ0n) is 12.0. The van der Waals surface area contributed by atoms with Crippen LogP contribution in [0.1, 0.15) is 25.8 Å². The van der Waals surface area contributed by atoms with Crippen LogP contribution in [0.25, 0.3) is 0 Å². The average molecular weight is 299 g/mol. The Hall–Kier alpha value is -1.10. The van der Waals surface area contributed by atoms with Gasteiger partial charge in [-0.2, -0.15) is 0 Å². The molecule has 5 heteroatoms. The van der Waals surface area contributed by atoms with E-state index in [2.05, 4.69) is 0 Å². The Labute approximate surface area is 126 Å². The van der Waals surface area contributed by atoms with E-state index in [0.717, 1.165) is 12.0 Å². The van der Waals surface area contributed by atoms with E-state index in [1.54, 1.807) is 6.92 Å². The number of nitrogens with zero attached hydrogens (tertiary/aromatic N) is 1. The second-order valence-electron chi connectivity index (χ2n) is 5.35. The van der Waals surface area contributed by atoms with Crippen LogP contribution in [-0.2, 0) is 15.1 Å². The lowest BCUT2D eigenvalue weighted by atomic mass is 9.91. The third-order valence-corrected chi connectivity index (χ3v) is 3.56. The number of amides is 1. The molecule has 2 atom stereocenters. The third kappa shape index (κ3) is 3.72. The summed E-state index contributed by atoms with van der Waals surface area (Å²) in [5.74, 6) is -0.0314. The highest BCUT2D eigenvalue weighted by atomic mass is 35.5. The predicted molar refractivity (Wildman–Crippen MR) is 81.8 cm³/mol. The van der Waals surface area contributed by atoms with Gasteiger partial charge in [-0.25, -0.2) is 0 Å². The summed E-state index contributed by atoms with van der Waals surface area (Å²) in [6.45, 7) is 5.79. The second kappa shape index (κ2) is 7.07. The van der Waals surface area contributed by atoms with Crippen molar-refractivity contribution in [2.45, 2.75) is 31.9 Å². The van der Waals surface area contributed by atoms with Gasteiger partial charge < -0.3 is 15.4 Å². The van der Waals surface area contributed by atoms with Crippen LogP contribution in [0.5, 0.6) is 0 Å². The van der Waals surface area contributed by atoms with Crippen molar-refractivity contribution >= 4 is 18.3 Å². The molecule has 0 aromatic heterocycles. The van der Waals surface area contributed by atoms with Gasteiger partial charge >= 0.3 is 0 Å². The van der Waals surface area contributed by atoms with Gasteiger partial charge in [-0.3, -0.25) is 4.79 Å². The van der Waals surface area contributed by atoms with Gasteiger partial charge in [0.25, 0.3) is 0 Å². The number of ether oxygens (including phenoxy) is 1. The average Bonchev–Trinajstić information content (AvgIpc) is 2.63. The van der Waals surface area contributed by atoms with E-state index in [9.17, 15) is 4.79 Å². The number of halogens is 1. The van der Waals surface area contributed by atoms with Crippen molar-refractivity contribution < 1.29 is 9.53 Å². The molecule has 1 saturated heterocycles. The van der Waals surface area contributed by atoms with Crippen molar-refractivity contribution in [1.82, 2.24) is 4.90 Å². The maximum atomic E-state index is 12.7. The molecule has 112 valence electrons. The molecule has 4 nitrogen and oxygen atoms in total. The summed E-state index contributed by atoms with van der Waals surface area (Å²) in [6.07, 6.45) is 0.930. The molecular weight excluding hydrogens is 276 g/mol. The molecule has 0 aliphatic carbocycles. The van der Waals surface area contributed by atoms with E-state index in [4.69, 9.17) is 10.5 Å². The van der Waals surface area contributed by atoms with Gasteiger partial charge in [-0.1, -0.05) is 30.3 Å². The molecule has 20 heavy (non-hydrogen) atoms. The molecule has 0 radical (unpaired) electrons. The van der Waals surface area contributed by atoms with E-state index in [1.165, 1.54) is 0 Å². The number of carbonyl (C=O) groups excluding carboxylic acids is 1. The third-order valence-electron chi connectivity index (χ3n) is 3.56. The minimum absolute atomic E-state index is 0. The zero-order valence-corrected chi connectivity index (χ0v) is 12.9. The van der Waals surface area contributed by atoms with Gasteiger partial charge in [0, 0.05) is 19.7 Å². The molecule has 0 saturated carbocycles. The van der Waals surface area contributed by atoms with Gasteiger partial charge in [0.1, 0.15) is 5.54 Å². The van der Waals surface area contributed by atoms with Crippen molar-refractivity contribution in [1.29, 1.82) is 0 Å². The number of hydrogen-bond donors (Lipinski definition) is 1. The quantitative estimate of drug-likeness (QED) is 0.907. The fraction of sp³-hybridized carbons (Fsp3) is 0.533. The van der Waals surface area contributed by atoms with E-state index < -0.39 is 5.54 Å². The van der Waals surface area contributed by atoms with Crippen molar-refractivity contribution in [2.24, 2.45) is 5.73 Å². The van der Waals surface area contributed by atoms with Crippen LogP contribution in [0.4, 0.5) is 0 Å². The molecule has 0 spiro atoms. The van der Waals surface area contributed by atoms with E-state index in [0.29, 0.717) is 19.7 Å². The van der Waals surface area contributed by atoms with Crippen LogP contribution in [0.15, 0.2) is 30.3 Å². The summed E-state index contributed by atoms with van der Waals surface area (Å²) in [4.78, 5) is 14.5. The Balaban J connectivity index is 0.00000200. The highest BCUT2D eigenvalue weighted by Gasteiger charge is 2.35. The highest BCUT2D eigenvalue weighted by Crippen LogP contribution is 2.21. The first-order valence-corrected chi connectivity index (χ1v) is 6.77. The normalized spacial score (nSPS) is 22.4. The van der Waals surface area contributed by atoms with Gasteiger partial charge in [0.05, 0.1) is 6.10 Å². The lowest BCUT2D eigenvalue weighted by molar-refractivity contribution is -0.137. The van der Waals surface area contributed by atoms with E-state index >= 15 is 0 Å². The summed E-state index contributed by atoms with van der Waals surface area (Å²) >= 11 is 0. The van der Waals surface area contributed by atoms with Crippen LogP contribution in [-0.4, -0.2) is 36.6 Å². The van der Waals surface area contributed by atoms with Crippen molar-refractivity contribution in [3.63, 3.8) is 0 Å². The van der Waals surface area contributed by atoms with Gasteiger partial charge in [0.2, 0.25) is 5.91 Å². The number of rotatable bonds is 2. The standard InChI is InChI=1S/C15H22N2O2.ClH/c1-12-11-17(9-6-10-19-12)14(18)15(2,16)13-7-4-3-5-8-13;/h3-5,7-8,12H,6,9-11,16H2,1-2H3;1H. The fourth-order valence-corrected chi connectivity index (χ4v) is 2.42. The Morgan fingerprint density at radius 2 is 2.05 bits per heavy atom. The summed E-state index contributed by atoms with van der Waals surface area (Å²) < 4.78 is 5.57. The maximum Gasteiger partial charge on any atom is 0.247 e. The number of nitrogens with two attached hydrogens (primary N) is 1. The Morgan fingerprint density at radius 3 is 2.70 bits per heavy atom. The number of carbonyl (C=O) groups is 1. The number of hydrogen-bond acceptors (Lipinski definition) is 3. The second-order valence-corrected chi connectivity index (χ2v) is 5.35. The Bertz CT molecular complexity index is 437. The highest BCUT2D eigenvalue weighted by molar-refractivity contribution is 5.87. The van der Waals surface area contributed by atoms with Crippen LogP contribution >= 0.6 is 12.4 Å². The molecule has 1 aliphatic heterocycles. The summed E-state index contributed by atoms with van der Waals surface area (Å²) in [6, 6.07) is 9.53. The summed E-state index contributed by atoms with van der Waals surface area (Å²) in [5.41, 5.74) is 6.14. The SMILES string of the molecule is CC1CN(C(=O)C(C)(N)c2ccccc2)CCCO1.Cl. The summed E-state index contributed by atoms with van der Waals surface area (Å²) in [5, 5.41) is 0. The molecule has 1 aromatic rings. The Kier molecular flexibility index (Phi) is 5.99. The van der Waals surface area contributed by atoms with E-state index in [-0.39, 0.29) is 24.4 Å². The van der Waals surface area contributed by atoms with Crippen LogP contribution in [0.3, 0.4) is 0 Å². The predicted octanol–water partition coefficient (Wildman–Crippen LogP) is 1.92. The van der Waals surface area contributed by atoms with Crippen LogP contribution < -0.4 is 5.73 Å².